The van der Waals surface area contributed by atoms with Crippen LogP contribution in [0.5, 0.6) is 0 Å². The van der Waals surface area contributed by atoms with E-state index in [-0.39, 0.29) is 17.5 Å². The lowest BCUT2D eigenvalue weighted by Gasteiger charge is -2.25. The first-order chi connectivity index (χ1) is 4.67. The number of hydrogen-bond acceptors (Lipinski definition) is 4. The van der Waals surface area contributed by atoms with Crippen molar-refractivity contribution in [2.75, 3.05) is 25.5 Å². The summed E-state index contributed by atoms with van der Waals surface area (Å²) in [6, 6.07) is 0. The third kappa shape index (κ3) is 1.47. The van der Waals surface area contributed by atoms with Crippen LogP contribution in [0, 0.1) is 0 Å². The first-order valence-electron chi connectivity index (χ1n) is 3.16. The van der Waals surface area contributed by atoms with Crippen molar-refractivity contribution in [1.29, 1.82) is 0 Å². The van der Waals surface area contributed by atoms with Crippen LogP contribution in [0.2, 0.25) is 0 Å². The second kappa shape index (κ2) is 2.86. The van der Waals surface area contributed by atoms with Gasteiger partial charge in [-0.3, -0.25) is 0 Å². The molecular weight excluding hydrogens is 154 g/mol. The Morgan fingerprint density at radius 1 is 1.50 bits per heavy atom. The summed E-state index contributed by atoms with van der Waals surface area (Å²) in [6.45, 7) is 0.906. The van der Waals surface area contributed by atoms with Crippen LogP contribution in [0.4, 0.5) is 0 Å². The number of rotatable bonds is 3. The van der Waals surface area contributed by atoms with Crippen LogP contribution in [0.25, 0.3) is 0 Å². The fourth-order valence-corrected chi connectivity index (χ4v) is 2.02. The minimum Gasteiger partial charge on any atom is -0.379 e. The Balaban J connectivity index is 2.50. The smallest absolute Gasteiger partial charge is 0.158 e. The van der Waals surface area contributed by atoms with Crippen molar-refractivity contribution < 1.29 is 13.2 Å². The van der Waals surface area contributed by atoms with Crippen LogP contribution < -0.4 is 5.73 Å². The molecule has 0 amide bonds. The van der Waals surface area contributed by atoms with Crippen LogP contribution >= 0.6 is 0 Å². The third-order valence-corrected chi connectivity index (χ3v) is 3.61. The average molecular weight is 165 g/mol. The lowest BCUT2D eigenvalue weighted by atomic mass is 10.4. The van der Waals surface area contributed by atoms with Gasteiger partial charge in [-0.2, -0.15) is 0 Å². The monoisotopic (exact) mass is 165 g/mol. The second-order valence-corrected chi connectivity index (χ2v) is 4.72. The number of nitrogens with two attached hydrogens (primary N) is 1. The quantitative estimate of drug-likeness (QED) is 0.568. The summed E-state index contributed by atoms with van der Waals surface area (Å²) < 4.78 is 26.9. The van der Waals surface area contributed by atoms with Crippen LogP contribution in [0.1, 0.15) is 0 Å². The lowest BCUT2D eigenvalue weighted by Crippen LogP contribution is -2.42. The maximum Gasteiger partial charge on any atom is 0.158 e. The molecule has 0 aromatic heterocycles. The summed E-state index contributed by atoms with van der Waals surface area (Å²) in [5.74, 6) is 0.0844. The number of ether oxygens (including phenoxy) is 1. The molecule has 0 aromatic rings. The van der Waals surface area contributed by atoms with Gasteiger partial charge >= 0.3 is 0 Å². The van der Waals surface area contributed by atoms with Gasteiger partial charge in [0.05, 0.1) is 19.0 Å². The van der Waals surface area contributed by atoms with E-state index in [1.54, 1.807) is 0 Å². The van der Waals surface area contributed by atoms with Crippen LogP contribution in [0.15, 0.2) is 0 Å². The third-order valence-electron chi connectivity index (χ3n) is 1.52. The van der Waals surface area contributed by atoms with Gasteiger partial charge < -0.3 is 10.5 Å². The van der Waals surface area contributed by atoms with Gasteiger partial charge in [0.2, 0.25) is 0 Å². The van der Waals surface area contributed by atoms with Crippen molar-refractivity contribution in [2.45, 2.75) is 5.25 Å². The molecule has 2 N–H and O–H groups in total. The summed E-state index contributed by atoms with van der Waals surface area (Å²) in [5, 5.41) is -0.281. The molecule has 0 radical (unpaired) electrons. The van der Waals surface area contributed by atoms with E-state index in [4.69, 9.17) is 10.5 Å². The molecule has 1 fully saturated rings. The van der Waals surface area contributed by atoms with E-state index in [9.17, 15) is 8.42 Å². The molecule has 1 aliphatic rings. The summed E-state index contributed by atoms with van der Waals surface area (Å²) in [5.41, 5.74) is 5.11. The molecule has 0 bridgehead atoms. The van der Waals surface area contributed by atoms with Crippen molar-refractivity contribution in [3.05, 3.63) is 0 Å². The first kappa shape index (κ1) is 7.97. The van der Waals surface area contributed by atoms with Crippen LogP contribution in [-0.2, 0) is 14.6 Å². The molecule has 1 aliphatic heterocycles. The van der Waals surface area contributed by atoms with E-state index in [2.05, 4.69) is 0 Å². The van der Waals surface area contributed by atoms with Crippen molar-refractivity contribution >= 4 is 9.84 Å². The topological polar surface area (TPSA) is 69.4 Å². The maximum atomic E-state index is 11.1. The van der Waals surface area contributed by atoms with Gasteiger partial charge in [0, 0.05) is 6.54 Å². The fraction of sp³-hybridized carbons (Fsp3) is 1.00. The van der Waals surface area contributed by atoms with Crippen LogP contribution in [0.3, 0.4) is 0 Å². The fourth-order valence-electron chi connectivity index (χ4n) is 0.752. The Morgan fingerprint density at radius 2 is 2.10 bits per heavy atom. The molecule has 0 atom stereocenters. The predicted octanol–water partition coefficient (Wildman–Crippen LogP) is -1.24. The lowest BCUT2D eigenvalue weighted by molar-refractivity contribution is 0.0416. The summed E-state index contributed by atoms with van der Waals surface area (Å²) >= 11 is 0. The Labute approximate surface area is 60.3 Å². The van der Waals surface area contributed by atoms with E-state index in [0.29, 0.717) is 13.2 Å². The van der Waals surface area contributed by atoms with Gasteiger partial charge in [0.1, 0.15) is 5.25 Å². The Hall–Kier alpha value is -0.130. The minimum atomic E-state index is -2.92. The molecule has 0 unspecified atom stereocenters. The molecular formula is C5H11NO3S. The highest BCUT2D eigenvalue weighted by Gasteiger charge is 2.31. The second-order valence-electron chi connectivity index (χ2n) is 2.32. The van der Waals surface area contributed by atoms with Crippen molar-refractivity contribution in [3.63, 3.8) is 0 Å². The van der Waals surface area contributed by atoms with E-state index in [0.717, 1.165) is 0 Å². The van der Waals surface area contributed by atoms with E-state index < -0.39 is 9.84 Å². The molecule has 0 aromatic carbocycles. The first-order valence-corrected chi connectivity index (χ1v) is 4.88. The normalized spacial score (nSPS) is 20.5. The van der Waals surface area contributed by atoms with Gasteiger partial charge in [-0.15, -0.1) is 0 Å². The zero-order valence-electron chi connectivity index (χ0n) is 5.62. The summed E-state index contributed by atoms with van der Waals surface area (Å²) in [6.07, 6.45) is 0. The highest BCUT2D eigenvalue weighted by Crippen LogP contribution is 2.11. The predicted molar refractivity (Wildman–Crippen MR) is 37.4 cm³/mol. The number of hydrogen-bond donors (Lipinski definition) is 1. The Bertz CT molecular complexity index is 195. The van der Waals surface area contributed by atoms with Crippen molar-refractivity contribution in [3.8, 4) is 0 Å². The van der Waals surface area contributed by atoms with Crippen molar-refractivity contribution in [1.82, 2.24) is 0 Å². The van der Waals surface area contributed by atoms with E-state index >= 15 is 0 Å². The van der Waals surface area contributed by atoms with E-state index in [1.807, 2.05) is 0 Å². The molecule has 10 heavy (non-hydrogen) atoms. The van der Waals surface area contributed by atoms with Gasteiger partial charge in [0.15, 0.2) is 9.84 Å². The Kier molecular flexibility index (Phi) is 2.28. The molecule has 1 saturated heterocycles. The molecule has 1 heterocycles. The van der Waals surface area contributed by atoms with E-state index in [1.165, 1.54) is 0 Å². The summed E-state index contributed by atoms with van der Waals surface area (Å²) in [4.78, 5) is 0. The molecule has 5 heteroatoms. The highest BCUT2D eigenvalue weighted by atomic mass is 32.2. The zero-order valence-corrected chi connectivity index (χ0v) is 6.43. The SMILES string of the molecule is NCCS(=O)(=O)C1COC1. The number of sulfone groups is 1. The molecule has 0 spiro atoms. The summed E-state index contributed by atoms with van der Waals surface area (Å²) in [7, 11) is -2.92. The minimum absolute atomic E-state index is 0.0844. The molecule has 0 aliphatic carbocycles. The van der Waals surface area contributed by atoms with Gasteiger partial charge in [0.25, 0.3) is 0 Å². The Morgan fingerprint density at radius 3 is 2.40 bits per heavy atom. The highest BCUT2D eigenvalue weighted by molar-refractivity contribution is 7.92. The van der Waals surface area contributed by atoms with Gasteiger partial charge in [-0.25, -0.2) is 8.42 Å². The largest absolute Gasteiger partial charge is 0.379 e. The molecule has 1 rings (SSSR count). The van der Waals surface area contributed by atoms with Gasteiger partial charge in [-0.1, -0.05) is 0 Å². The van der Waals surface area contributed by atoms with Gasteiger partial charge in [-0.05, 0) is 0 Å². The van der Waals surface area contributed by atoms with Crippen LogP contribution in [-0.4, -0.2) is 39.2 Å². The maximum absolute atomic E-state index is 11.1. The zero-order chi connectivity index (χ0) is 7.61. The molecule has 60 valence electrons. The molecule has 0 saturated carbocycles. The standard InChI is InChI=1S/C5H11NO3S/c6-1-2-10(7,8)5-3-9-4-5/h5H,1-4,6H2. The average Bonchev–Trinajstić information content (AvgIpc) is 1.56. The van der Waals surface area contributed by atoms with Crippen molar-refractivity contribution in [2.24, 2.45) is 5.73 Å². The molecule has 4 nitrogen and oxygen atoms in total.